The van der Waals surface area contributed by atoms with Gasteiger partial charge in [0.15, 0.2) is 0 Å². The normalized spacial score (nSPS) is 42.5. The third-order valence-corrected chi connectivity index (χ3v) is 9.70. The number of carbonyl (C=O) groups excluding carboxylic acids is 2. The van der Waals surface area contributed by atoms with E-state index in [-0.39, 0.29) is 28.2 Å². The molecule has 0 N–H and O–H groups in total. The molecular formula is C21H32O4S2. The minimum absolute atomic E-state index is 0.0797. The zero-order valence-electron chi connectivity index (χ0n) is 16.9. The van der Waals surface area contributed by atoms with Gasteiger partial charge in [-0.3, -0.25) is 9.59 Å². The van der Waals surface area contributed by atoms with Crippen molar-refractivity contribution in [2.24, 2.45) is 16.2 Å². The molecule has 6 heteroatoms. The van der Waals surface area contributed by atoms with Crippen molar-refractivity contribution in [3.63, 3.8) is 0 Å². The lowest BCUT2D eigenvalue weighted by Crippen LogP contribution is -2.39. The summed E-state index contributed by atoms with van der Waals surface area (Å²) in [6.45, 7) is 8.69. The first kappa shape index (κ1) is 19.9. The molecule has 5 unspecified atom stereocenters. The number of fused-ring (bicyclic) bond motifs is 2. The number of thioether (sulfide) groups is 2. The van der Waals surface area contributed by atoms with Crippen LogP contribution < -0.4 is 0 Å². The van der Waals surface area contributed by atoms with E-state index in [2.05, 4.69) is 0 Å². The summed E-state index contributed by atoms with van der Waals surface area (Å²) in [6.07, 6.45) is 5.98. The Hall–Kier alpha value is -0.360. The van der Waals surface area contributed by atoms with E-state index in [4.69, 9.17) is 9.47 Å². The summed E-state index contributed by atoms with van der Waals surface area (Å²) in [4.78, 5) is 25.3. The molecule has 4 aliphatic rings. The summed E-state index contributed by atoms with van der Waals surface area (Å²) in [5.74, 6) is -0.159. The van der Waals surface area contributed by atoms with Gasteiger partial charge >= 0.3 is 11.9 Å². The van der Waals surface area contributed by atoms with Crippen LogP contribution in [0, 0.1) is 16.2 Å². The number of hydrogen-bond acceptors (Lipinski definition) is 6. The molecule has 0 bridgehead atoms. The summed E-state index contributed by atoms with van der Waals surface area (Å²) in [5.41, 5.74) is -1.05. The second-order valence-electron chi connectivity index (χ2n) is 10.3. The Kier molecular flexibility index (Phi) is 5.06. The van der Waals surface area contributed by atoms with E-state index in [1.165, 1.54) is 0 Å². The first-order valence-corrected chi connectivity index (χ1v) is 12.1. The van der Waals surface area contributed by atoms with Crippen LogP contribution in [0.3, 0.4) is 0 Å². The highest BCUT2D eigenvalue weighted by molar-refractivity contribution is 8.08. The van der Waals surface area contributed by atoms with Crippen LogP contribution in [0.5, 0.6) is 0 Å². The van der Waals surface area contributed by atoms with Crippen LogP contribution in [0.2, 0.25) is 0 Å². The average molecular weight is 413 g/mol. The fourth-order valence-electron chi connectivity index (χ4n) is 4.52. The molecule has 0 aromatic carbocycles. The lowest BCUT2D eigenvalue weighted by molar-refractivity contribution is -0.166. The molecule has 2 aliphatic heterocycles. The maximum atomic E-state index is 12.7. The van der Waals surface area contributed by atoms with E-state index in [0.717, 1.165) is 49.0 Å². The predicted molar refractivity (Wildman–Crippen MR) is 110 cm³/mol. The number of carbonyl (C=O) groups is 2. The van der Waals surface area contributed by atoms with Crippen LogP contribution in [0.25, 0.3) is 0 Å². The fourth-order valence-corrected chi connectivity index (χ4v) is 7.14. The van der Waals surface area contributed by atoms with Gasteiger partial charge < -0.3 is 9.47 Å². The van der Waals surface area contributed by atoms with Gasteiger partial charge in [0.1, 0.15) is 0 Å². The number of hydrogen-bond donors (Lipinski definition) is 0. The average Bonchev–Trinajstić information content (AvgIpc) is 3.51. The van der Waals surface area contributed by atoms with Crippen LogP contribution in [0.15, 0.2) is 0 Å². The molecule has 2 saturated heterocycles. The number of rotatable bonds is 6. The van der Waals surface area contributed by atoms with Gasteiger partial charge in [-0.05, 0) is 52.4 Å². The van der Waals surface area contributed by atoms with Gasteiger partial charge in [0, 0.05) is 26.4 Å². The molecule has 0 aromatic rings. The van der Waals surface area contributed by atoms with Gasteiger partial charge in [0.05, 0.1) is 24.0 Å². The van der Waals surface area contributed by atoms with Gasteiger partial charge in [0.25, 0.3) is 0 Å². The molecule has 2 heterocycles. The molecule has 0 spiro atoms. The first-order valence-electron chi connectivity index (χ1n) is 10.3. The third-order valence-electron chi connectivity index (χ3n) is 6.81. The summed E-state index contributed by atoms with van der Waals surface area (Å²) >= 11 is 4.01. The van der Waals surface area contributed by atoms with Crippen LogP contribution in [0.1, 0.15) is 66.2 Å². The van der Waals surface area contributed by atoms with Crippen molar-refractivity contribution in [2.45, 2.75) is 87.2 Å². The smallest absolute Gasteiger partial charge is 0.311 e. The molecule has 0 aromatic heterocycles. The Labute approximate surface area is 171 Å². The van der Waals surface area contributed by atoms with Gasteiger partial charge in [-0.25, -0.2) is 0 Å². The van der Waals surface area contributed by atoms with Gasteiger partial charge in [-0.15, -0.1) is 0 Å². The lowest BCUT2D eigenvalue weighted by Gasteiger charge is -2.33. The Morgan fingerprint density at radius 2 is 1.26 bits per heavy atom. The standard InChI is InChI=1S/C21H32O4S2/c1-19(2,11-24-17(22)20(3)7-5-13-15(9-20)26-13)12-25-18(23)21(4)8-6-14-16(10-21)27-14/h13-16H,5-12H2,1-4H3/t13-,14?,15?,16?,20?,21?/m0/s1. The molecule has 4 fully saturated rings. The van der Waals surface area contributed by atoms with Gasteiger partial charge in [0.2, 0.25) is 0 Å². The maximum absolute atomic E-state index is 12.7. The zero-order chi connectivity index (χ0) is 19.4. The summed E-state index contributed by atoms with van der Waals surface area (Å²) in [5, 5.41) is 2.89. The van der Waals surface area contributed by atoms with Crippen molar-refractivity contribution >= 4 is 35.5 Å². The number of ether oxygens (including phenoxy) is 2. The van der Waals surface area contributed by atoms with Gasteiger partial charge in [-0.2, -0.15) is 23.5 Å². The largest absolute Gasteiger partial charge is 0.465 e. The lowest BCUT2D eigenvalue weighted by atomic mass is 9.76. The minimum atomic E-state index is -0.366. The summed E-state index contributed by atoms with van der Waals surface area (Å²) < 4.78 is 11.4. The Balaban J connectivity index is 1.23. The minimum Gasteiger partial charge on any atom is -0.465 e. The van der Waals surface area contributed by atoms with Crippen LogP contribution in [-0.4, -0.2) is 46.2 Å². The second kappa shape index (κ2) is 6.86. The topological polar surface area (TPSA) is 52.6 Å². The van der Waals surface area contributed by atoms with Crippen LogP contribution in [0.4, 0.5) is 0 Å². The van der Waals surface area contributed by atoms with Crippen molar-refractivity contribution in [1.82, 2.24) is 0 Å². The molecule has 2 aliphatic carbocycles. The molecule has 0 radical (unpaired) electrons. The molecule has 2 saturated carbocycles. The highest BCUT2D eigenvalue weighted by Crippen LogP contribution is 2.57. The van der Waals surface area contributed by atoms with Gasteiger partial charge in [-0.1, -0.05) is 13.8 Å². The SMILES string of the molecule is CC(C)(COC(=O)C1(C)CCC2SC2C1)COC(=O)C1(C)CC[C@@H]2SC2C1. The molecule has 4 nitrogen and oxygen atoms in total. The van der Waals surface area contributed by atoms with Crippen molar-refractivity contribution < 1.29 is 19.1 Å². The van der Waals surface area contributed by atoms with Crippen molar-refractivity contribution in [2.75, 3.05) is 13.2 Å². The molecule has 27 heavy (non-hydrogen) atoms. The Bertz CT molecular complexity index is 584. The van der Waals surface area contributed by atoms with Crippen LogP contribution in [-0.2, 0) is 19.1 Å². The second-order valence-corrected chi connectivity index (χ2v) is 13.3. The van der Waals surface area contributed by atoms with E-state index in [1.807, 2.05) is 51.2 Å². The molecule has 6 atom stereocenters. The van der Waals surface area contributed by atoms with Crippen molar-refractivity contribution in [3.8, 4) is 0 Å². The number of esters is 2. The Morgan fingerprint density at radius 3 is 1.63 bits per heavy atom. The van der Waals surface area contributed by atoms with E-state index in [9.17, 15) is 9.59 Å². The first-order chi connectivity index (χ1) is 12.6. The monoisotopic (exact) mass is 412 g/mol. The molecule has 0 amide bonds. The van der Waals surface area contributed by atoms with E-state index in [0.29, 0.717) is 23.7 Å². The summed E-state index contributed by atoms with van der Waals surface area (Å²) in [6, 6.07) is 0. The molecular weight excluding hydrogens is 380 g/mol. The quantitative estimate of drug-likeness (QED) is 0.475. The van der Waals surface area contributed by atoms with Crippen molar-refractivity contribution in [3.05, 3.63) is 0 Å². The highest BCUT2D eigenvalue weighted by Gasteiger charge is 2.53. The Morgan fingerprint density at radius 1 is 0.852 bits per heavy atom. The highest BCUT2D eigenvalue weighted by atomic mass is 32.2. The van der Waals surface area contributed by atoms with E-state index < -0.39 is 0 Å². The maximum Gasteiger partial charge on any atom is 0.311 e. The third kappa shape index (κ3) is 4.31. The molecule has 152 valence electrons. The zero-order valence-corrected chi connectivity index (χ0v) is 18.5. The fraction of sp³-hybridized carbons (Fsp3) is 0.905. The van der Waals surface area contributed by atoms with E-state index >= 15 is 0 Å². The summed E-state index contributed by atoms with van der Waals surface area (Å²) in [7, 11) is 0. The van der Waals surface area contributed by atoms with E-state index in [1.54, 1.807) is 0 Å². The predicted octanol–water partition coefficient (Wildman–Crippen LogP) is 4.45. The van der Waals surface area contributed by atoms with Crippen molar-refractivity contribution in [1.29, 1.82) is 0 Å². The van der Waals surface area contributed by atoms with Crippen LogP contribution >= 0.6 is 23.5 Å². The molecule has 4 rings (SSSR count).